The Morgan fingerprint density at radius 2 is 1.79 bits per heavy atom. The summed E-state index contributed by atoms with van der Waals surface area (Å²) in [6.45, 7) is 0.725. The standard InChI is InChI=1S/C21H24N4O3/c22-14-23-21(24-28)17-10-8-16(9-11-17)20(27)18-7-4-12-25(18)19(26)13-15-5-2-1-3-6-15/h1-3,5-6,8-11,18,28H,4,7,12-14,22H2,(H,23,24)/t18-/m0/s1. The van der Waals surface area contributed by atoms with Gasteiger partial charge in [0.25, 0.3) is 0 Å². The third kappa shape index (κ3) is 4.37. The van der Waals surface area contributed by atoms with E-state index in [1.54, 1.807) is 29.2 Å². The minimum atomic E-state index is -0.435. The molecular weight excluding hydrogens is 356 g/mol. The first-order valence-corrected chi connectivity index (χ1v) is 9.28. The predicted octanol–water partition coefficient (Wildman–Crippen LogP) is 1.74. The van der Waals surface area contributed by atoms with Crippen molar-refractivity contribution >= 4 is 17.5 Å². The first-order chi connectivity index (χ1) is 13.6. The number of hydrogen-bond donors (Lipinski definition) is 3. The van der Waals surface area contributed by atoms with Gasteiger partial charge in [-0.25, -0.2) is 0 Å². The Morgan fingerprint density at radius 3 is 2.43 bits per heavy atom. The number of benzene rings is 2. The first-order valence-electron chi connectivity index (χ1n) is 9.28. The summed E-state index contributed by atoms with van der Waals surface area (Å²) in [6.07, 6.45) is 1.78. The molecule has 7 nitrogen and oxygen atoms in total. The van der Waals surface area contributed by atoms with Crippen molar-refractivity contribution in [2.75, 3.05) is 13.2 Å². The third-order valence-electron chi connectivity index (χ3n) is 4.89. The van der Waals surface area contributed by atoms with E-state index in [9.17, 15) is 9.59 Å². The van der Waals surface area contributed by atoms with Crippen LogP contribution < -0.4 is 11.1 Å². The van der Waals surface area contributed by atoms with E-state index in [-0.39, 0.29) is 24.2 Å². The maximum Gasteiger partial charge on any atom is 0.227 e. The number of nitrogens with one attached hydrogen (secondary N) is 1. The largest absolute Gasteiger partial charge is 0.409 e. The number of oxime groups is 1. The molecule has 4 N–H and O–H groups in total. The Bertz CT molecular complexity index is 850. The van der Waals surface area contributed by atoms with E-state index in [4.69, 9.17) is 10.9 Å². The number of likely N-dealkylation sites (tertiary alicyclic amines) is 1. The minimum absolute atomic E-state index is 0.0273. The lowest BCUT2D eigenvalue weighted by atomic mass is 10.00. The number of ketones is 1. The Balaban J connectivity index is 1.71. The van der Waals surface area contributed by atoms with Crippen LogP contribution in [0.2, 0.25) is 0 Å². The molecule has 146 valence electrons. The Hall–Kier alpha value is -3.19. The minimum Gasteiger partial charge on any atom is -0.409 e. The normalized spacial score (nSPS) is 16.8. The van der Waals surface area contributed by atoms with E-state index in [1.807, 2.05) is 30.3 Å². The number of nitrogens with two attached hydrogens (primary N) is 1. The molecule has 0 radical (unpaired) electrons. The molecular formula is C21H24N4O3. The number of rotatable bonds is 6. The average molecular weight is 380 g/mol. The van der Waals surface area contributed by atoms with E-state index in [1.165, 1.54) is 0 Å². The number of carbonyl (C=O) groups is 2. The number of amidine groups is 1. The van der Waals surface area contributed by atoms with E-state index in [2.05, 4.69) is 10.5 Å². The van der Waals surface area contributed by atoms with Gasteiger partial charge in [-0.3, -0.25) is 9.59 Å². The van der Waals surface area contributed by atoms with Crippen LogP contribution in [0.1, 0.15) is 34.3 Å². The SMILES string of the molecule is NCNC(=NO)c1ccc(C(=O)[C@@H]2CCCN2C(=O)Cc2ccccc2)cc1. The van der Waals surface area contributed by atoms with Crippen LogP contribution in [0.3, 0.4) is 0 Å². The number of amides is 1. The van der Waals surface area contributed by atoms with Crippen LogP contribution in [0, 0.1) is 0 Å². The van der Waals surface area contributed by atoms with Gasteiger partial charge in [-0.1, -0.05) is 59.8 Å². The van der Waals surface area contributed by atoms with Crippen LogP contribution in [-0.4, -0.2) is 46.9 Å². The van der Waals surface area contributed by atoms with Crippen molar-refractivity contribution in [3.05, 3.63) is 71.3 Å². The van der Waals surface area contributed by atoms with E-state index < -0.39 is 6.04 Å². The Labute approximate surface area is 163 Å². The van der Waals surface area contributed by atoms with E-state index >= 15 is 0 Å². The summed E-state index contributed by atoms with van der Waals surface area (Å²) in [5.41, 5.74) is 7.49. The van der Waals surface area contributed by atoms with Gasteiger partial charge in [0.05, 0.1) is 19.1 Å². The van der Waals surface area contributed by atoms with Crippen molar-refractivity contribution < 1.29 is 14.8 Å². The van der Waals surface area contributed by atoms with Gasteiger partial charge < -0.3 is 21.2 Å². The number of nitrogens with zero attached hydrogens (tertiary/aromatic N) is 2. The fraction of sp³-hybridized carbons (Fsp3) is 0.286. The van der Waals surface area contributed by atoms with Gasteiger partial charge in [-0.15, -0.1) is 0 Å². The third-order valence-corrected chi connectivity index (χ3v) is 4.89. The molecule has 2 aromatic rings. The van der Waals surface area contributed by atoms with Crippen LogP contribution >= 0.6 is 0 Å². The molecule has 0 saturated carbocycles. The van der Waals surface area contributed by atoms with Gasteiger partial charge in [0.2, 0.25) is 5.91 Å². The molecule has 1 amide bonds. The van der Waals surface area contributed by atoms with Gasteiger partial charge in [-0.2, -0.15) is 0 Å². The van der Waals surface area contributed by atoms with Gasteiger partial charge >= 0.3 is 0 Å². The summed E-state index contributed by atoms with van der Waals surface area (Å²) in [4.78, 5) is 27.4. The quantitative estimate of drug-likeness (QED) is 0.177. The van der Waals surface area contributed by atoms with Crippen molar-refractivity contribution in [3.63, 3.8) is 0 Å². The van der Waals surface area contributed by atoms with E-state index in [0.717, 1.165) is 12.0 Å². The average Bonchev–Trinajstić information content (AvgIpc) is 3.22. The second-order valence-corrected chi connectivity index (χ2v) is 6.68. The second kappa shape index (κ2) is 9.14. The summed E-state index contributed by atoms with van der Waals surface area (Å²) in [5, 5.41) is 14.9. The van der Waals surface area contributed by atoms with Crippen molar-refractivity contribution in [2.24, 2.45) is 10.9 Å². The number of Topliss-reactive ketones (excluding diaryl/α,β-unsaturated/α-hetero) is 1. The topological polar surface area (TPSA) is 108 Å². The molecule has 0 spiro atoms. The fourth-order valence-electron chi connectivity index (χ4n) is 3.49. The van der Waals surface area contributed by atoms with Gasteiger partial charge in [0, 0.05) is 17.7 Å². The highest BCUT2D eigenvalue weighted by Crippen LogP contribution is 2.23. The first kappa shape index (κ1) is 19.6. The molecule has 1 saturated heterocycles. The van der Waals surface area contributed by atoms with Crippen LogP contribution in [-0.2, 0) is 11.2 Å². The zero-order valence-electron chi connectivity index (χ0n) is 15.5. The highest BCUT2D eigenvalue weighted by Gasteiger charge is 2.34. The number of hydrogen-bond acceptors (Lipinski definition) is 5. The maximum atomic E-state index is 13.0. The summed E-state index contributed by atoms with van der Waals surface area (Å²) in [7, 11) is 0. The van der Waals surface area contributed by atoms with Gasteiger partial charge in [0.1, 0.15) is 0 Å². The maximum absolute atomic E-state index is 13.0. The van der Waals surface area contributed by atoms with Crippen molar-refractivity contribution in [3.8, 4) is 0 Å². The summed E-state index contributed by atoms with van der Waals surface area (Å²) < 4.78 is 0. The lowest BCUT2D eigenvalue weighted by molar-refractivity contribution is -0.130. The van der Waals surface area contributed by atoms with Gasteiger partial charge in [-0.05, 0) is 18.4 Å². The molecule has 1 aliphatic rings. The molecule has 1 aliphatic heterocycles. The summed E-state index contributed by atoms with van der Waals surface area (Å²) in [5.74, 6) is 0.141. The van der Waals surface area contributed by atoms with Crippen LogP contribution in [0.25, 0.3) is 0 Å². The van der Waals surface area contributed by atoms with E-state index in [0.29, 0.717) is 30.5 Å². The van der Waals surface area contributed by atoms with Crippen molar-refractivity contribution in [1.82, 2.24) is 10.2 Å². The zero-order chi connectivity index (χ0) is 19.9. The predicted molar refractivity (Wildman–Crippen MR) is 106 cm³/mol. The van der Waals surface area contributed by atoms with Gasteiger partial charge in [0.15, 0.2) is 11.6 Å². The highest BCUT2D eigenvalue weighted by molar-refractivity contribution is 6.04. The molecule has 0 bridgehead atoms. The van der Waals surface area contributed by atoms with Crippen LogP contribution in [0.5, 0.6) is 0 Å². The van der Waals surface area contributed by atoms with Crippen LogP contribution in [0.4, 0.5) is 0 Å². The van der Waals surface area contributed by atoms with Crippen LogP contribution in [0.15, 0.2) is 59.8 Å². The zero-order valence-corrected chi connectivity index (χ0v) is 15.5. The summed E-state index contributed by atoms with van der Waals surface area (Å²) in [6, 6.07) is 15.9. The monoisotopic (exact) mass is 380 g/mol. The van der Waals surface area contributed by atoms with Crippen molar-refractivity contribution in [1.29, 1.82) is 0 Å². The molecule has 28 heavy (non-hydrogen) atoms. The molecule has 1 heterocycles. The molecule has 0 aromatic heterocycles. The fourth-order valence-corrected chi connectivity index (χ4v) is 3.49. The Morgan fingerprint density at radius 1 is 1.11 bits per heavy atom. The number of carbonyl (C=O) groups excluding carboxylic acids is 2. The molecule has 1 fully saturated rings. The lowest BCUT2D eigenvalue weighted by Gasteiger charge is -2.24. The molecule has 7 heteroatoms. The molecule has 0 unspecified atom stereocenters. The molecule has 0 aliphatic carbocycles. The molecule has 1 atom stereocenters. The second-order valence-electron chi connectivity index (χ2n) is 6.68. The molecule has 3 rings (SSSR count). The highest BCUT2D eigenvalue weighted by atomic mass is 16.4. The molecule has 2 aromatic carbocycles. The Kier molecular flexibility index (Phi) is 6.39. The summed E-state index contributed by atoms with van der Waals surface area (Å²) >= 11 is 0. The lowest BCUT2D eigenvalue weighted by Crippen LogP contribution is -2.41. The smallest absolute Gasteiger partial charge is 0.227 e. The van der Waals surface area contributed by atoms with Crippen molar-refractivity contribution in [2.45, 2.75) is 25.3 Å².